The van der Waals surface area contributed by atoms with Crippen molar-refractivity contribution in [3.05, 3.63) is 55.8 Å². The van der Waals surface area contributed by atoms with Crippen LogP contribution in [0.15, 0.2) is 38.9 Å². The number of carbonyl (C=O) groups is 1. The first kappa shape index (κ1) is 18.5. The summed E-state index contributed by atoms with van der Waals surface area (Å²) < 4.78 is 4.01. The Kier molecular flexibility index (Phi) is 4.41. The molecule has 1 aromatic carbocycles. The molecule has 29 heavy (non-hydrogen) atoms. The zero-order valence-electron chi connectivity index (χ0n) is 15.9. The first-order valence-corrected chi connectivity index (χ1v) is 8.98. The minimum atomic E-state index is -0.437. The number of aromatic amines is 2. The van der Waals surface area contributed by atoms with E-state index in [0.717, 1.165) is 4.57 Å². The molecule has 4 aromatic rings. The fraction of sp³-hybridized carbons (Fsp3) is 0.278. The minimum Gasteiger partial charge on any atom is -0.326 e. The van der Waals surface area contributed by atoms with Crippen LogP contribution >= 0.6 is 0 Å². The molecule has 0 aliphatic heterocycles. The molecular formula is C18H19N7O4. The maximum Gasteiger partial charge on any atom is 0.332 e. The highest BCUT2D eigenvalue weighted by Gasteiger charge is 2.14. The quantitative estimate of drug-likeness (QED) is 0.436. The predicted molar refractivity (Wildman–Crippen MR) is 107 cm³/mol. The molecule has 0 bridgehead atoms. The van der Waals surface area contributed by atoms with Crippen LogP contribution in [0, 0.1) is 0 Å². The standard InChI is InChI=1S/C18H19N7O4/c1-23-15-14(16(27)24(2)18(23)29)25(9-19-15)7-3-4-13(26)20-10-5-6-11-12(8-10)22-17(28)21-11/h5-6,8-9H,3-4,7H2,1-2H3,(H,20,26)(H2,21,22,28). The average molecular weight is 397 g/mol. The first-order valence-electron chi connectivity index (χ1n) is 8.98. The van der Waals surface area contributed by atoms with Crippen molar-refractivity contribution in [3.8, 4) is 0 Å². The van der Waals surface area contributed by atoms with Gasteiger partial charge < -0.3 is 19.9 Å². The van der Waals surface area contributed by atoms with Gasteiger partial charge in [-0.05, 0) is 24.6 Å². The Morgan fingerprint density at radius 3 is 2.66 bits per heavy atom. The summed E-state index contributed by atoms with van der Waals surface area (Å²) in [6.45, 7) is 0.404. The van der Waals surface area contributed by atoms with E-state index in [9.17, 15) is 19.2 Å². The first-order chi connectivity index (χ1) is 13.8. The smallest absolute Gasteiger partial charge is 0.326 e. The molecule has 0 unspecified atom stereocenters. The van der Waals surface area contributed by atoms with Gasteiger partial charge >= 0.3 is 11.4 Å². The van der Waals surface area contributed by atoms with E-state index in [-0.39, 0.29) is 18.0 Å². The summed E-state index contributed by atoms with van der Waals surface area (Å²) in [6.07, 6.45) is 2.21. The van der Waals surface area contributed by atoms with Gasteiger partial charge in [0, 0.05) is 32.7 Å². The largest absolute Gasteiger partial charge is 0.332 e. The Hall–Kier alpha value is -3.89. The minimum absolute atomic E-state index is 0.188. The van der Waals surface area contributed by atoms with E-state index in [1.807, 2.05) is 0 Å². The third-order valence-electron chi connectivity index (χ3n) is 4.82. The molecule has 11 nitrogen and oxygen atoms in total. The molecule has 0 saturated heterocycles. The summed E-state index contributed by atoms with van der Waals surface area (Å²) in [5, 5.41) is 2.79. The highest BCUT2D eigenvalue weighted by Crippen LogP contribution is 2.15. The van der Waals surface area contributed by atoms with Gasteiger partial charge in [-0.3, -0.25) is 18.7 Å². The molecule has 3 aromatic heterocycles. The molecule has 11 heteroatoms. The second-order valence-corrected chi connectivity index (χ2v) is 6.81. The number of fused-ring (bicyclic) bond motifs is 2. The van der Waals surface area contributed by atoms with Crippen LogP contribution in [-0.4, -0.2) is 34.6 Å². The summed E-state index contributed by atoms with van der Waals surface area (Å²) in [5.74, 6) is -0.188. The lowest BCUT2D eigenvalue weighted by Crippen LogP contribution is -2.37. The summed E-state index contributed by atoms with van der Waals surface area (Å²) in [6, 6.07) is 5.09. The molecule has 0 radical (unpaired) electrons. The van der Waals surface area contributed by atoms with Crippen molar-refractivity contribution in [1.29, 1.82) is 0 Å². The van der Waals surface area contributed by atoms with Gasteiger partial charge in [0.1, 0.15) is 0 Å². The number of carbonyl (C=O) groups excluding carboxylic acids is 1. The highest BCUT2D eigenvalue weighted by molar-refractivity contribution is 5.92. The van der Waals surface area contributed by atoms with Gasteiger partial charge in [-0.1, -0.05) is 0 Å². The molecular weight excluding hydrogens is 378 g/mol. The van der Waals surface area contributed by atoms with Gasteiger partial charge in [-0.2, -0.15) is 0 Å². The molecule has 0 aliphatic carbocycles. The van der Waals surface area contributed by atoms with Crippen molar-refractivity contribution in [2.24, 2.45) is 14.1 Å². The third-order valence-corrected chi connectivity index (χ3v) is 4.82. The van der Waals surface area contributed by atoms with Gasteiger partial charge in [-0.25, -0.2) is 14.6 Å². The number of H-pyrrole nitrogens is 2. The number of anilines is 1. The molecule has 150 valence electrons. The van der Waals surface area contributed by atoms with Crippen LogP contribution in [0.5, 0.6) is 0 Å². The summed E-state index contributed by atoms with van der Waals surface area (Å²) in [5.41, 5.74) is 1.34. The molecule has 0 saturated carbocycles. The number of aryl methyl sites for hydroxylation is 2. The Bertz CT molecular complexity index is 1420. The fourth-order valence-corrected chi connectivity index (χ4v) is 3.31. The summed E-state index contributed by atoms with van der Waals surface area (Å²) >= 11 is 0. The fourth-order valence-electron chi connectivity index (χ4n) is 3.31. The molecule has 1 amide bonds. The van der Waals surface area contributed by atoms with Crippen LogP contribution in [0.1, 0.15) is 12.8 Å². The SMILES string of the molecule is Cn1c(=O)c2c(ncn2CCCC(=O)Nc2ccc3[nH]c(=O)[nH]c3c2)n(C)c1=O. The van der Waals surface area contributed by atoms with Gasteiger partial charge in [-0.15, -0.1) is 0 Å². The predicted octanol–water partition coefficient (Wildman–Crippen LogP) is 0.0222. The van der Waals surface area contributed by atoms with E-state index in [4.69, 9.17) is 0 Å². The Labute approximate surface area is 162 Å². The van der Waals surface area contributed by atoms with Crippen LogP contribution in [0.2, 0.25) is 0 Å². The number of benzene rings is 1. The lowest BCUT2D eigenvalue weighted by Gasteiger charge is -2.07. The number of aromatic nitrogens is 6. The second kappa shape index (κ2) is 6.93. The second-order valence-electron chi connectivity index (χ2n) is 6.81. The van der Waals surface area contributed by atoms with E-state index < -0.39 is 11.2 Å². The lowest BCUT2D eigenvalue weighted by atomic mass is 10.2. The number of hydrogen-bond acceptors (Lipinski definition) is 5. The molecule has 0 spiro atoms. The van der Waals surface area contributed by atoms with E-state index in [2.05, 4.69) is 20.3 Å². The molecule has 0 atom stereocenters. The number of nitrogens with one attached hydrogen (secondary N) is 3. The number of amides is 1. The van der Waals surface area contributed by atoms with Crippen LogP contribution < -0.4 is 22.3 Å². The number of imidazole rings is 2. The molecule has 0 fully saturated rings. The van der Waals surface area contributed by atoms with E-state index in [1.54, 1.807) is 29.8 Å². The van der Waals surface area contributed by atoms with Crippen molar-refractivity contribution in [2.45, 2.75) is 19.4 Å². The average Bonchev–Trinajstić information content (AvgIpc) is 3.27. The van der Waals surface area contributed by atoms with E-state index in [1.165, 1.54) is 17.9 Å². The molecule has 3 heterocycles. The molecule has 3 N–H and O–H groups in total. The van der Waals surface area contributed by atoms with Gasteiger partial charge in [0.15, 0.2) is 11.2 Å². The van der Waals surface area contributed by atoms with Crippen LogP contribution in [0.3, 0.4) is 0 Å². The maximum absolute atomic E-state index is 12.4. The monoisotopic (exact) mass is 397 g/mol. The Balaban J connectivity index is 1.44. The summed E-state index contributed by atoms with van der Waals surface area (Å²) in [4.78, 5) is 57.4. The van der Waals surface area contributed by atoms with Gasteiger partial charge in [0.05, 0.1) is 17.4 Å². The normalized spacial score (nSPS) is 11.4. The van der Waals surface area contributed by atoms with Crippen molar-refractivity contribution in [3.63, 3.8) is 0 Å². The number of nitrogens with zero attached hydrogens (tertiary/aromatic N) is 4. The number of rotatable bonds is 5. The van der Waals surface area contributed by atoms with E-state index in [0.29, 0.717) is 40.9 Å². The van der Waals surface area contributed by atoms with Crippen molar-refractivity contribution >= 4 is 33.8 Å². The zero-order valence-corrected chi connectivity index (χ0v) is 15.9. The van der Waals surface area contributed by atoms with Crippen LogP contribution in [0.4, 0.5) is 5.69 Å². The Morgan fingerprint density at radius 2 is 1.86 bits per heavy atom. The zero-order chi connectivity index (χ0) is 20.7. The lowest BCUT2D eigenvalue weighted by molar-refractivity contribution is -0.116. The van der Waals surface area contributed by atoms with Crippen LogP contribution in [0.25, 0.3) is 22.2 Å². The van der Waals surface area contributed by atoms with E-state index >= 15 is 0 Å². The maximum atomic E-state index is 12.4. The van der Waals surface area contributed by atoms with Gasteiger partial charge in [0.25, 0.3) is 5.56 Å². The van der Waals surface area contributed by atoms with Gasteiger partial charge in [0.2, 0.25) is 5.91 Å². The Morgan fingerprint density at radius 1 is 1.10 bits per heavy atom. The number of hydrogen-bond donors (Lipinski definition) is 3. The van der Waals surface area contributed by atoms with Crippen molar-refractivity contribution in [1.82, 2.24) is 28.7 Å². The third kappa shape index (κ3) is 3.26. The highest BCUT2D eigenvalue weighted by atomic mass is 16.2. The van der Waals surface area contributed by atoms with Crippen molar-refractivity contribution in [2.75, 3.05) is 5.32 Å². The topological polar surface area (TPSA) is 140 Å². The van der Waals surface area contributed by atoms with Crippen LogP contribution in [-0.2, 0) is 25.4 Å². The molecule has 0 aliphatic rings. The summed E-state index contributed by atoms with van der Waals surface area (Å²) in [7, 11) is 2.98. The molecule has 4 rings (SSSR count). The van der Waals surface area contributed by atoms with Crippen molar-refractivity contribution < 1.29 is 4.79 Å².